The molecule has 0 radical (unpaired) electrons. The van der Waals surface area contributed by atoms with E-state index < -0.39 is 0 Å². The Labute approximate surface area is 123 Å². The van der Waals surface area contributed by atoms with Crippen LogP contribution in [-0.4, -0.2) is 23.3 Å². The largest absolute Gasteiger partial charge is 0.496 e. The number of hydrogen-bond donors (Lipinski definition) is 1. The van der Waals surface area contributed by atoms with Crippen LogP contribution in [0.25, 0.3) is 0 Å². The fourth-order valence-corrected chi connectivity index (χ4v) is 3.01. The number of carbonyl (C=O) groups excluding carboxylic acids is 1. The molecule has 0 saturated carbocycles. The maximum Gasteiger partial charge on any atom is 0.207 e. The Morgan fingerprint density at radius 1 is 1.48 bits per heavy atom. The molecule has 1 amide bonds. The molecule has 2 aromatic rings. The SMILES string of the molecule is COc1ccccc1Cn1ncc2c1CCCC2NC=O. The summed E-state index contributed by atoms with van der Waals surface area (Å²) in [5.41, 5.74) is 3.46. The van der Waals surface area contributed by atoms with Gasteiger partial charge in [-0.3, -0.25) is 9.48 Å². The first-order chi connectivity index (χ1) is 10.3. The summed E-state index contributed by atoms with van der Waals surface area (Å²) in [6, 6.07) is 8.08. The van der Waals surface area contributed by atoms with Gasteiger partial charge in [-0.05, 0) is 25.3 Å². The Morgan fingerprint density at radius 3 is 3.14 bits per heavy atom. The molecule has 0 fully saturated rings. The molecule has 0 bridgehead atoms. The van der Waals surface area contributed by atoms with Gasteiger partial charge in [-0.1, -0.05) is 18.2 Å². The van der Waals surface area contributed by atoms with Crippen molar-refractivity contribution in [3.8, 4) is 5.75 Å². The van der Waals surface area contributed by atoms with Crippen LogP contribution < -0.4 is 10.1 Å². The fourth-order valence-electron chi connectivity index (χ4n) is 3.01. The summed E-state index contributed by atoms with van der Waals surface area (Å²) in [5.74, 6) is 0.875. The molecule has 1 aromatic carbocycles. The monoisotopic (exact) mass is 285 g/mol. The van der Waals surface area contributed by atoms with Crippen molar-refractivity contribution in [1.82, 2.24) is 15.1 Å². The molecular weight excluding hydrogens is 266 g/mol. The summed E-state index contributed by atoms with van der Waals surface area (Å²) >= 11 is 0. The van der Waals surface area contributed by atoms with Gasteiger partial charge in [-0.25, -0.2) is 0 Å². The van der Waals surface area contributed by atoms with Crippen molar-refractivity contribution < 1.29 is 9.53 Å². The van der Waals surface area contributed by atoms with E-state index in [9.17, 15) is 4.79 Å². The average molecular weight is 285 g/mol. The lowest BCUT2D eigenvalue weighted by Gasteiger charge is -2.22. The third-order valence-corrected chi connectivity index (χ3v) is 4.04. The van der Waals surface area contributed by atoms with Gasteiger partial charge < -0.3 is 10.1 Å². The molecule has 5 nitrogen and oxygen atoms in total. The lowest BCUT2D eigenvalue weighted by atomic mass is 9.93. The van der Waals surface area contributed by atoms with Gasteiger partial charge in [0.1, 0.15) is 5.75 Å². The summed E-state index contributed by atoms with van der Waals surface area (Å²) in [5, 5.41) is 7.39. The summed E-state index contributed by atoms with van der Waals surface area (Å²) < 4.78 is 7.42. The van der Waals surface area contributed by atoms with Crippen LogP contribution in [0, 0.1) is 0 Å². The Kier molecular flexibility index (Phi) is 3.90. The predicted octanol–water partition coefficient (Wildman–Crippen LogP) is 2.06. The fraction of sp³-hybridized carbons (Fsp3) is 0.375. The molecule has 110 valence electrons. The van der Waals surface area contributed by atoms with Crippen molar-refractivity contribution in [3.63, 3.8) is 0 Å². The zero-order valence-corrected chi connectivity index (χ0v) is 12.1. The molecule has 1 aliphatic carbocycles. The van der Waals surface area contributed by atoms with E-state index in [-0.39, 0.29) is 6.04 Å². The van der Waals surface area contributed by atoms with Crippen LogP contribution >= 0.6 is 0 Å². The highest BCUT2D eigenvalue weighted by Crippen LogP contribution is 2.30. The number of benzene rings is 1. The zero-order chi connectivity index (χ0) is 14.7. The summed E-state index contributed by atoms with van der Waals surface area (Å²) in [6.45, 7) is 0.688. The molecule has 1 N–H and O–H groups in total. The van der Waals surface area contributed by atoms with Gasteiger partial charge >= 0.3 is 0 Å². The van der Waals surface area contributed by atoms with Crippen molar-refractivity contribution in [1.29, 1.82) is 0 Å². The number of aromatic nitrogens is 2. The first-order valence-electron chi connectivity index (χ1n) is 7.19. The van der Waals surface area contributed by atoms with Gasteiger partial charge in [-0.15, -0.1) is 0 Å². The van der Waals surface area contributed by atoms with Crippen LogP contribution in [0.5, 0.6) is 5.75 Å². The number of carbonyl (C=O) groups is 1. The predicted molar refractivity (Wildman–Crippen MR) is 79.2 cm³/mol. The molecule has 1 atom stereocenters. The Bertz CT molecular complexity index is 636. The van der Waals surface area contributed by atoms with Crippen molar-refractivity contribution >= 4 is 6.41 Å². The first-order valence-corrected chi connectivity index (χ1v) is 7.19. The lowest BCUT2D eigenvalue weighted by Crippen LogP contribution is -2.24. The molecule has 1 aliphatic rings. The second kappa shape index (κ2) is 5.99. The third-order valence-electron chi connectivity index (χ3n) is 4.04. The van der Waals surface area contributed by atoms with Gasteiger partial charge in [0.05, 0.1) is 25.9 Å². The second-order valence-electron chi connectivity index (χ2n) is 5.25. The number of fused-ring (bicyclic) bond motifs is 1. The van der Waals surface area contributed by atoms with Crippen LogP contribution in [0.2, 0.25) is 0 Å². The van der Waals surface area contributed by atoms with E-state index in [1.165, 1.54) is 5.69 Å². The number of para-hydroxylation sites is 1. The quantitative estimate of drug-likeness (QED) is 0.856. The van der Waals surface area contributed by atoms with E-state index in [0.29, 0.717) is 6.54 Å². The minimum absolute atomic E-state index is 0.0951. The van der Waals surface area contributed by atoms with E-state index >= 15 is 0 Å². The summed E-state index contributed by atoms with van der Waals surface area (Å²) in [4.78, 5) is 10.7. The van der Waals surface area contributed by atoms with E-state index in [1.807, 2.05) is 29.1 Å². The van der Waals surface area contributed by atoms with Crippen LogP contribution in [0.3, 0.4) is 0 Å². The molecule has 0 spiro atoms. The highest BCUT2D eigenvalue weighted by Gasteiger charge is 2.24. The van der Waals surface area contributed by atoms with Gasteiger partial charge in [0.2, 0.25) is 6.41 Å². The zero-order valence-electron chi connectivity index (χ0n) is 12.1. The Hall–Kier alpha value is -2.30. The van der Waals surface area contributed by atoms with Crippen LogP contribution in [-0.2, 0) is 17.8 Å². The summed E-state index contributed by atoms with van der Waals surface area (Å²) in [7, 11) is 1.68. The molecule has 1 heterocycles. The maximum atomic E-state index is 10.7. The molecule has 21 heavy (non-hydrogen) atoms. The van der Waals surface area contributed by atoms with Gasteiger partial charge in [0, 0.05) is 16.8 Å². The number of nitrogens with one attached hydrogen (secondary N) is 1. The van der Waals surface area contributed by atoms with Gasteiger partial charge in [-0.2, -0.15) is 5.10 Å². The molecule has 5 heteroatoms. The van der Waals surface area contributed by atoms with Crippen LogP contribution in [0.1, 0.15) is 35.7 Å². The number of rotatable bonds is 5. The lowest BCUT2D eigenvalue weighted by molar-refractivity contribution is -0.110. The highest BCUT2D eigenvalue weighted by molar-refractivity contribution is 5.48. The number of hydrogen-bond acceptors (Lipinski definition) is 3. The van der Waals surface area contributed by atoms with Gasteiger partial charge in [0.15, 0.2) is 0 Å². The minimum atomic E-state index is 0.0951. The Morgan fingerprint density at radius 2 is 2.33 bits per heavy atom. The average Bonchev–Trinajstić information content (AvgIpc) is 2.92. The van der Waals surface area contributed by atoms with Crippen molar-refractivity contribution in [2.24, 2.45) is 0 Å². The number of amides is 1. The molecule has 3 rings (SSSR count). The maximum absolute atomic E-state index is 10.7. The smallest absolute Gasteiger partial charge is 0.207 e. The normalized spacial score (nSPS) is 17.1. The standard InChI is InChI=1S/C16H19N3O2/c1-21-16-8-3-2-5-12(16)10-19-15-7-4-6-14(17-11-20)13(15)9-18-19/h2-3,5,8-9,11,14H,4,6-7,10H2,1H3,(H,17,20). The molecular formula is C16H19N3O2. The van der Waals surface area contributed by atoms with Crippen LogP contribution in [0.15, 0.2) is 30.5 Å². The van der Waals surface area contributed by atoms with Crippen molar-refractivity contribution in [2.75, 3.05) is 7.11 Å². The molecule has 0 aliphatic heterocycles. The third kappa shape index (κ3) is 2.63. The highest BCUT2D eigenvalue weighted by atomic mass is 16.5. The first kappa shape index (κ1) is 13.7. The number of nitrogens with zero attached hydrogens (tertiary/aromatic N) is 2. The number of methoxy groups -OCH3 is 1. The molecule has 1 aromatic heterocycles. The van der Waals surface area contributed by atoms with E-state index in [2.05, 4.69) is 16.5 Å². The van der Waals surface area contributed by atoms with Gasteiger partial charge in [0.25, 0.3) is 0 Å². The molecule has 0 saturated heterocycles. The minimum Gasteiger partial charge on any atom is -0.496 e. The number of ether oxygens (including phenoxy) is 1. The second-order valence-corrected chi connectivity index (χ2v) is 5.25. The molecule has 1 unspecified atom stereocenters. The van der Waals surface area contributed by atoms with Crippen molar-refractivity contribution in [3.05, 3.63) is 47.3 Å². The van der Waals surface area contributed by atoms with E-state index in [0.717, 1.165) is 42.5 Å². The summed E-state index contributed by atoms with van der Waals surface area (Å²) in [6.07, 6.45) is 5.70. The van der Waals surface area contributed by atoms with Crippen LogP contribution in [0.4, 0.5) is 0 Å². The Balaban J connectivity index is 1.89. The van der Waals surface area contributed by atoms with Crippen molar-refractivity contribution in [2.45, 2.75) is 31.8 Å². The van der Waals surface area contributed by atoms with E-state index in [1.54, 1.807) is 7.11 Å². The van der Waals surface area contributed by atoms with E-state index in [4.69, 9.17) is 4.74 Å². The topological polar surface area (TPSA) is 56.1 Å².